The van der Waals surface area contributed by atoms with Crippen LogP contribution in [0, 0.1) is 0 Å². The molecule has 0 bridgehead atoms. The van der Waals surface area contributed by atoms with Gasteiger partial charge in [0.2, 0.25) is 0 Å². The maximum absolute atomic E-state index is 13.8. The molecule has 162 valence electrons. The van der Waals surface area contributed by atoms with E-state index in [1.165, 1.54) is 11.3 Å². The number of azo groups is 1. The normalized spacial score (nSPS) is 16.3. The number of aromatic nitrogens is 2. The minimum absolute atomic E-state index is 0.113. The van der Waals surface area contributed by atoms with E-state index < -0.39 is 0 Å². The Morgan fingerprint density at radius 1 is 1.09 bits per heavy atom. The van der Waals surface area contributed by atoms with Crippen LogP contribution in [0.3, 0.4) is 0 Å². The van der Waals surface area contributed by atoms with Gasteiger partial charge in [-0.05, 0) is 44.0 Å². The molecule has 32 heavy (non-hydrogen) atoms. The molecule has 0 saturated heterocycles. The van der Waals surface area contributed by atoms with Crippen LogP contribution in [-0.2, 0) is 17.8 Å². The van der Waals surface area contributed by atoms with Crippen LogP contribution in [0.2, 0.25) is 0 Å². The van der Waals surface area contributed by atoms with Gasteiger partial charge in [-0.1, -0.05) is 48.5 Å². The quantitative estimate of drug-likeness (QED) is 0.355. The number of fused-ring (bicyclic) bond motifs is 3. The van der Waals surface area contributed by atoms with Crippen LogP contribution < -0.4 is 5.56 Å². The highest BCUT2D eigenvalue weighted by molar-refractivity contribution is 7.18. The number of para-hydroxylation sites is 1. The summed E-state index contributed by atoms with van der Waals surface area (Å²) < 4.78 is 7.53. The highest BCUT2D eigenvalue weighted by atomic mass is 32.1. The zero-order chi connectivity index (χ0) is 22.3. The van der Waals surface area contributed by atoms with Crippen molar-refractivity contribution in [1.29, 1.82) is 0 Å². The predicted octanol–water partition coefficient (Wildman–Crippen LogP) is 6.14. The smallest absolute Gasteiger partial charge is 0.268 e. The van der Waals surface area contributed by atoms with Crippen LogP contribution >= 0.6 is 11.3 Å². The van der Waals surface area contributed by atoms with Crippen molar-refractivity contribution in [3.05, 3.63) is 87.0 Å². The Morgan fingerprint density at radius 3 is 2.50 bits per heavy atom. The van der Waals surface area contributed by atoms with Gasteiger partial charge in [0.15, 0.2) is 0 Å². The molecule has 0 N–H and O–H groups in total. The maximum atomic E-state index is 13.8. The van der Waals surface area contributed by atoms with Gasteiger partial charge in [0.25, 0.3) is 11.5 Å². The summed E-state index contributed by atoms with van der Waals surface area (Å²) in [5.41, 5.74) is 2.40. The van der Waals surface area contributed by atoms with Crippen LogP contribution in [0.1, 0.15) is 42.8 Å². The van der Waals surface area contributed by atoms with Crippen molar-refractivity contribution >= 4 is 27.5 Å². The third kappa shape index (κ3) is 3.78. The third-order valence-electron chi connectivity index (χ3n) is 5.70. The molecule has 1 unspecified atom stereocenters. The van der Waals surface area contributed by atoms with Crippen LogP contribution in [0.15, 0.2) is 75.7 Å². The zero-order valence-electron chi connectivity index (χ0n) is 18.3. The van der Waals surface area contributed by atoms with Crippen molar-refractivity contribution in [3.63, 3.8) is 0 Å². The fraction of sp³-hybridized carbons (Fsp3) is 0.280. The first-order valence-corrected chi connectivity index (χ1v) is 11.5. The highest BCUT2D eigenvalue weighted by Gasteiger charge is 2.31. The lowest BCUT2D eigenvalue weighted by Gasteiger charge is -2.29. The molecule has 4 aromatic rings. The van der Waals surface area contributed by atoms with Gasteiger partial charge in [-0.2, -0.15) is 10.1 Å². The fourth-order valence-corrected chi connectivity index (χ4v) is 5.08. The third-order valence-corrected chi connectivity index (χ3v) is 6.80. The second-order valence-electron chi connectivity index (χ2n) is 8.60. The first-order chi connectivity index (χ1) is 15.4. The van der Waals surface area contributed by atoms with Crippen molar-refractivity contribution in [2.24, 2.45) is 10.2 Å². The first kappa shape index (κ1) is 20.7. The standard InChI is InChI=1S/C25H24N4O2S/c1-16(17-10-6-4-7-11-17)27-28-24-26-22-21(19-14-25(2,3)31-15-20(19)32-22)23(30)29(24)18-12-8-5-9-13-18/h4-13,16H,14-15H2,1-3H3. The van der Waals surface area contributed by atoms with E-state index in [0.29, 0.717) is 23.2 Å². The Bertz CT molecular complexity index is 1360. The Hall–Kier alpha value is -3.16. The summed E-state index contributed by atoms with van der Waals surface area (Å²) in [5, 5.41) is 9.61. The fourth-order valence-electron chi connectivity index (χ4n) is 4.00. The van der Waals surface area contributed by atoms with Crippen LogP contribution in [0.25, 0.3) is 15.9 Å². The number of rotatable bonds is 4. The van der Waals surface area contributed by atoms with Gasteiger partial charge in [-0.25, -0.2) is 4.57 Å². The molecule has 1 atom stereocenters. The monoisotopic (exact) mass is 444 g/mol. The van der Waals surface area contributed by atoms with E-state index in [1.54, 1.807) is 4.57 Å². The predicted molar refractivity (Wildman–Crippen MR) is 127 cm³/mol. The summed E-state index contributed by atoms with van der Waals surface area (Å²) in [6.45, 7) is 6.58. The highest BCUT2D eigenvalue weighted by Crippen LogP contribution is 2.38. The summed E-state index contributed by atoms with van der Waals surface area (Å²) in [5.74, 6) is 0.287. The number of hydrogen-bond acceptors (Lipinski definition) is 6. The summed E-state index contributed by atoms with van der Waals surface area (Å²) in [6, 6.07) is 19.3. The molecule has 2 aromatic carbocycles. The minimum atomic E-state index is -0.311. The van der Waals surface area contributed by atoms with E-state index in [0.717, 1.165) is 21.7 Å². The molecule has 0 spiro atoms. The average molecular weight is 445 g/mol. The van der Waals surface area contributed by atoms with E-state index in [9.17, 15) is 4.79 Å². The molecule has 1 aliphatic rings. The van der Waals surface area contributed by atoms with E-state index in [2.05, 4.69) is 24.1 Å². The molecule has 0 saturated carbocycles. The summed E-state index contributed by atoms with van der Waals surface area (Å²) in [6.07, 6.45) is 0.681. The summed E-state index contributed by atoms with van der Waals surface area (Å²) in [4.78, 5) is 20.3. The van der Waals surface area contributed by atoms with E-state index in [1.807, 2.05) is 67.6 Å². The van der Waals surface area contributed by atoms with E-state index in [4.69, 9.17) is 9.72 Å². The maximum Gasteiger partial charge on any atom is 0.268 e. The summed E-state index contributed by atoms with van der Waals surface area (Å²) in [7, 11) is 0. The van der Waals surface area contributed by atoms with Gasteiger partial charge in [0, 0.05) is 11.3 Å². The Balaban J connectivity index is 1.69. The van der Waals surface area contributed by atoms with Gasteiger partial charge < -0.3 is 4.74 Å². The molecular weight excluding hydrogens is 420 g/mol. The van der Waals surface area contributed by atoms with Gasteiger partial charge in [-0.15, -0.1) is 16.5 Å². The minimum Gasteiger partial charge on any atom is -0.370 e. The number of ether oxygens (including phenoxy) is 1. The van der Waals surface area contributed by atoms with Crippen molar-refractivity contribution < 1.29 is 4.74 Å². The molecule has 0 amide bonds. The molecule has 7 heteroatoms. The number of thiophene rings is 1. The molecule has 6 nitrogen and oxygen atoms in total. The lowest BCUT2D eigenvalue weighted by molar-refractivity contribution is -0.0379. The second kappa shape index (κ2) is 8.07. The topological polar surface area (TPSA) is 68.8 Å². The van der Waals surface area contributed by atoms with Crippen LogP contribution in [-0.4, -0.2) is 15.2 Å². The van der Waals surface area contributed by atoms with Gasteiger partial charge in [-0.3, -0.25) is 4.79 Å². The second-order valence-corrected chi connectivity index (χ2v) is 9.68. The lowest BCUT2D eigenvalue weighted by atomic mass is 9.94. The molecule has 5 rings (SSSR count). The molecule has 2 aromatic heterocycles. The zero-order valence-corrected chi connectivity index (χ0v) is 19.1. The summed E-state index contributed by atoms with van der Waals surface area (Å²) >= 11 is 1.51. The van der Waals surface area contributed by atoms with E-state index in [-0.39, 0.29) is 23.2 Å². The molecule has 0 fully saturated rings. The van der Waals surface area contributed by atoms with Crippen molar-refractivity contribution in [2.45, 2.75) is 45.4 Å². The van der Waals surface area contributed by atoms with Crippen molar-refractivity contribution in [1.82, 2.24) is 9.55 Å². The molecular formula is C25H24N4O2S. The number of benzene rings is 2. The van der Waals surface area contributed by atoms with Gasteiger partial charge in [0.1, 0.15) is 4.83 Å². The Labute approximate surface area is 190 Å². The Kier molecular flexibility index (Phi) is 5.23. The van der Waals surface area contributed by atoms with Gasteiger partial charge >= 0.3 is 0 Å². The SMILES string of the molecule is CC(N=Nc1nc2sc3c(c2c(=O)n1-c1ccccc1)CC(C)(C)OC3)c1ccccc1. The van der Waals surface area contributed by atoms with Gasteiger partial charge in [0.05, 0.1) is 29.3 Å². The van der Waals surface area contributed by atoms with Crippen molar-refractivity contribution in [3.8, 4) is 5.69 Å². The largest absolute Gasteiger partial charge is 0.370 e. The molecule has 0 radical (unpaired) electrons. The number of nitrogens with zero attached hydrogens (tertiary/aromatic N) is 4. The molecule has 0 aliphatic carbocycles. The number of hydrogen-bond donors (Lipinski definition) is 0. The first-order valence-electron chi connectivity index (χ1n) is 10.7. The average Bonchev–Trinajstić information content (AvgIpc) is 3.15. The van der Waals surface area contributed by atoms with E-state index >= 15 is 0 Å². The van der Waals surface area contributed by atoms with Crippen LogP contribution in [0.4, 0.5) is 5.95 Å². The van der Waals surface area contributed by atoms with Crippen molar-refractivity contribution in [2.75, 3.05) is 0 Å². The molecule has 1 aliphatic heterocycles. The lowest BCUT2D eigenvalue weighted by Crippen LogP contribution is -2.32. The Morgan fingerprint density at radius 2 is 1.78 bits per heavy atom. The molecule has 3 heterocycles. The van der Waals surface area contributed by atoms with Crippen LogP contribution in [0.5, 0.6) is 0 Å².